The van der Waals surface area contributed by atoms with E-state index in [0.29, 0.717) is 17.1 Å². The molecule has 0 aliphatic heterocycles. The van der Waals surface area contributed by atoms with Crippen molar-refractivity contribution in [2.45, 2.75) is 0 Å². The summed E-state index contributed by atoms with van der Waals surface area (Å²) in [7, 11) is 3.26. The molecule has 8 heteroatoms. The topological polar surface area (TPSA) is 127 Å². The molecule has 22 heavy (non-hydrogen) atoms. The molecule has 2 aromatic rings. The molecule has 8 nitrogen and oxygen atoms in total. The van der Waals surface area contributed by atoms with Gasteiger partial charge < -0.3 is 21.7 Å². The van der Waals surface area contributed by atoms with Crippen molar-refractivity contribution in [3.63, 3.8) is 0 Å². The summed E-state index contributed by atoms with van der Waals surface area (Å²) in [6.07, 6.45) is 0. The van der Waals surface area contributed by atoms with Crippen LogP contribution in [0.15, 0.2) is 30.3 Å². The number of primary amides is 1. The number of benzene rings is 1. The van der Waals surface area contributed by atoms with E-state index >= 15 is 0 Å². The number of nitrogens with two attached hydrogens (primary N) is 2. The van der Waals surface area contributed by atoms with E-state index in [9.17, 15) is 9.59 Å². The highest BCUT2D eigenvalue weighted by molar-refractivity contribution is 5.93. The lowest BCUT2D eigenvalue weighted by atomic mass is 10.2. The minimum absolute atomic E-state index is 0.203. The van der Waals surface area contributed by atoms with Crippen molar-refractivity contribution in [2.24, 2.45) is 5.73 Å². The first-order valence-corrected chi connectivity index (χ1v) is 6.40. The zero-order valence-corrected chi connectivity index (χ0v) is 12.2. The number of nitrogen functional groups attached to an aromatic ring is 1. The zero-order valence-electron chi connectivity index (χ0n) is 12.2. The molecule has 0 unspecified atom stereocenters. The highest BCUT2D eigenvalue weighted by Crippen LogP contribution is 2.20. The van der Waals surface area contributed by atoms with Gasteiger partial charge in [-0.05, 0) is 24.3 Å². The summed E-state index contributed by atoms with van der Waals surface area (Å²) >= 11 is 0. The van der Waals surface area contributed by atoms with Crippen LogP contribution in [0.5, 0.6) is 0 Å². The van der Waals surface area contributed by atoms with Gasteiger partial charge in [-0.3, -0.25) is 4.79 Å². The molecule has 0 spiro atoms. The summed E-state index contributed by atoms with van der Waals surface area (Å²) in [6.45, 7) is 0. The van der Waals surface area contributed by atoms with Crippen molar-refractivity contribution < 1.29 is 9.59 Å². The number of anilines is 2. The first-order chi connectivity index (χ1) is 10.4. The van der Waals surface area contributed by atoms with Gasteiger partial charge in [0.15, 0.2) is 5.82 Å². The lowest BCUT2D eigenvalue weighted by Gasteiger charge is -2.11. The van der Waals surface area contributed by atoms with E-state index in [2.05, 4.69) is 15.3 Å². The van der Waals surface area contributed by atoms with E-state index in [4.69, 9.17) is 11.5 Å². The predicted molar refractivity (Wildman–Crippen MR) is 83.1 cm³/mol. The molecule has 0 aliphatic carbocycles. The number of rotatable bonds is 3. The van der Waals surface area contributed by atoms with Crippen LogP contribution in [0.4, 0.5) is 16.3 Å². The number of aromatic nitrogens is 2. The molecule has 1 aromatic carbocycles. The molecule has 0 bridgehead atoms. The maximum atomic E-state index is 12.0. The third-order valence-corrected chi connectivity index (χ3v) is 2.78. The Labute approximate surface area is 127 Å². The van der Waals surface area contributed by atoms with Crippen molar-refractivity contribution >= 4 is 23.4 Å². The van der Waals surface area contributed by atoms with Crippen molar-refractivity contribution in [3.8, 4) is 11.4 Å². The molecule has 1 heterocycles. The van der Waals surface area contributed by atoms with Gasteiger partial charge in [0.05, 0.1) is 0 Å². The first kappa shape index (κ1) is 15.2. The molecule has 0 aliphatic rings. The lowest BCUT2D eigenvalue weighted by molar-refractivity contribution is 0.0822. The summed E-state index contributed by atoms with van der Waals surface area (Å²) in [5.41, 5.74) is 12.2. The molecule has 2 rings (SSSR count). The van der Waals surface area contributed by atoms with Crippen molar-refractivity contribution in [1.29, 1.82) is 0 Å². The molecule has 0 atom stereocenters. The molecule has 0 fully saturated rings. The minimum atomic E-state index is -0.646. The van der Waals surface area contributed by atoms with Gasteiger partial charge in [0.25, 0.3) is 5.91 Å². The van der Waals surface area contributed by atoms with Crippen LogP contribution in [0.1, 0.15) is 10.5 Å². The Hall–Kier alpha value is -3.16. The SMILES string of the molecule is CN(C)C(=O)c1cc(N)nc(-c2ccc(NC(N)=O)cc2)n1. The quantitative estimate of drug-likeness (QED) is 0.776. The van der Waals surface area contributed by atoms with E-state index in [-0.39, 0.29) is 17.4 Å². The Morgan fingerprint density at radius 3 is 2.32 bits per heavy atom. The number of nitrogens with one attached hydrogen (secondary N) is 1. The molecule has 5 N–H and O–H groups in total. The Balaban J connectivity index is 2.36. The molecular formula is C14H16N6O2. The van der Waals surface area contributed by atoms with Gasteiger partial charge in [-0.25, -0.2) is 14.8 Å². The smallest absolute Gasteiger partial charge is 0.316 e. The van der Waals surface area contributed by atoms with Gasteiger partial charge in [0.1, 0.15) is 11.5 Å². The number of carbonyl (C=O) groups excluding carboxylic acids is 2. The number of amides is 3. The van der Waals surface area contributed by atoms with Gasteiger partial charge in [-0.2, -0.15) is 0 Å². The van der Waals surface area contributed by atoms with Crippen LogP contribution >= 0.6 is 0 Å². The molecule has 0 saturated carbocycles. The highest BCUT2D eigenvalue weighted by atomic mass is 16.2. The minimum Gasteiger partial charge on any atom is -0.384 e. The van der Waals surface area contributed by atoms with Gasteiger partial charge in [-0.15, -0.1) is 0 Å². The number of hydrogen-bond donors (Lipinski definition) is 3. The second kappa shape index (κ2) is 6.08. The van der Waals surface area contributed by atoms with E-state index in [0.717, 1.165) is 0 Å². The van der Waals surface area contributed by atoms with Crippen molar-refractivity contribution in [1.82, 2.24) is 14.9 Å². The normalized spacial score (nSPS) is 10.1. The number of hydrogen-bond acceptors (Lipinski definition) is 5. The molecule has 0 saturated heterocycles. The van der Waals surface area contributed by atoms with Crippen molar-refractivity contribution in [3.05, 3.63) is 36.0 Å². The molecule has 0 radical (unpaired) electrons. The van der Waals surface area contributed by atoms with Gasteiger partial charge >= 0.3 is 6.03 Å². The summed E-state index contributed by atoms with van der Waals surface area (Å²) in [4.78, 5) is 32.5. The van der Waals surface area contributed by atoms with Crippen molar-refractivity contribution in [2.75, 3.05) is 25.1 Å². The van der Waals surface area contributed by atoms with E-state index in [1.807, 2.05) is 0 Å². The first-order valence-electron chi connectivity index (χ1n) is 6.40. The monoisotopic (exact) mass is 300 g/mol. The van der Waals surface area contributed by atoms with E-state index in [1.165, 1.54) is 11.0 Å². The van der Waals surface area contributed by atoms with Crippen LogP contribution in [0, 0.1) is 0 Å². The van der Waals surface area contributed by atoms with Gasteiger partial charge in [0.2, 0.25) is 0 Å². The van der Waals surface area contributed by atoms with Gasteiger partial charge in [0, 0.05) is 31.4 Å². The fourth-order valence-electron chi connectivity index (χ4n) is 1.78. The molecular weight excluding hydrogens is 284 g/mol. The standard InChI is InChI=1S/C14H16N6O2/c1-20(2)13(21)10-7-11(15)19-12(18-10)8-3-5-9(6-4-8)17-14(16)22/h3-7H,1-2H3,(H2,15,18,19)(H3,16,17,22). The predicted octanol–water partition coefficient (Wildman–Crippen LogP) is 0.918. The molecule has 114 valence electrons. The van der Waals surface area contributed by atoms with Crippen LogP contribution in [0.3, 0.4) is 0 Å². The van der Waals surface area contributed by atoms with Crippen LogP contribution in [0.25, 0.3) is 11.4 Å². The molecule has 1 aromatic heterocycles. The summed E-state index contributed by atoms with van der Waals surface area (Å²) in [5, 5.41) is 2.45. The second-order valence-electron chi connectivity index (χ2n) is 4.77. The maximum absolute atomic E-state index is 12.0. The van der Waals surface area contributed by atoms with Crippen LogP contribution in [-0.4, -0.2) is 40.9 Å². The summed E-state index contributed by atoms with van der Waals surface area (Å²) in [6, 6.07) is 7.48. The fraction of sp³-hybridized carbons (Fsp3) is 0.143. The Bertz CT molecular complexity index is 712. The Morgan fingerprint density at radius 2 is 1.77 bits per heavy atom. The number of urea groups is 1. The highest BCUT2D eigenvalue weighted by Gasteiger charge is 2.13. The van der Waals surface area contributed by atoms with E-state index in [1.54, 1.807) is 38.4 Å². The van der Waals surface area contributed by atoms with Crippen LogP contribution in [0.2, 0.25) is 0 Å². The third-order valence-electron chi connectivity index (χ3n) is 2.78. The van der Waals surface area contributed by atoms with Crippen LogP contribution < -0.4 is 16.8 Å². The molecule has 3 amide bonds. The summed E-state index contributed by atoms with van der Waals surface area (Å²) in [5.74, 6) is 0.271. The largest absolute Gasteiger partial charge is 0.384 e. The maximum Gasteiger partial charge on any atom is 0.316 e. The zero-order chi connectivity index (χ0) is 16.3. The lowest BCUT2D eigenvalue weighted by Crippen LogP contribution is -2.23. The second-order valence-corrected chi connectivity index (χ2v) is 4.77. The fourth-order valence-corrected chi connectivity index (χ4v) is 1.78. The van der Waals surface area contributed by atoms with Crippen LogP contribution in [-0.2, 0) is 0 Å². The van der Waals surface area contributed by atoms with Gasteiger partial charge in [-0.1, -0.05) is 0 Å². The average Bonchev–Trinajstić information content (AvgIpc) is 2.45. The Morgan fingerprint density at radius 1 is 1.14 bits per heavy atom. The summed E-state index contributed by atoms with van der Waals surface area (Å²) < 4.78 is 0. The average molecular weight is 300 g/mol. The van der Waals surface area contributed by atoms with E-state index < -0.39 is 6.03 Å². The Kier molecular flexibility index (Phi) is 4.21. The third kappa shape index (κ3) is 3.48. The number of carbonyl (C=O) groups is 2. The number of nitrogens with zero attached hydrogens (tertiary/aromatic N) is 3.